The van der Waals surface area contributed by atoms with Gasteiger partial charge in [0.15, 0.2) is 4.90 Å². The summed E-state index contributed by atoms with van der Waals surface area (Å²) >= 11 is -0.984. The molecule has 1 aromatic rings. The van der Waals surface area contributed by atoms with Crippen molar-refractivity contribution in [1.29, 1.82) is 0 Å². The van der Waals surface area contributed by atoms with Gasteiger partial charge in [0.05, 0.1) is 7.11 Å². The van der Waals surface area contributed by atoms with E-state index in [0.717, 1.165) is 36.3 Å². The zero-order chi connectivity index (χ0) is 14.8. The summed E-state index contributed by atoms with van der Waals surface area (Å²) in [7, 11) is 1.60. The fourth-order valence-corrected chi connectivity index (χ4v) is 2.92. The summed E-state index contributed by atoms with van der Waals surface area (Å²) in [6.45, 7) is 0. The summed E-state index contributed by atoms with van der Waals surface area (Å²) in [4.78, 5) is 11.6. The molecule has 0 saturated heterocycles. The molecule has 1 atom stereocenters. The molecule has 0 aromatic heterocycles. The quantitative estimate of drug-likeness (QED) is 0.317. The van der Waals surface area contributed by atoms with Gasteiger partial charge in [0.2, 0.25) is 5.91 Å². The van der Waals surface area contributed by atoms with Gasteiger partial charge in [0.25, 0.3) is 0 Å². The maximum absolute atomic E-state index is 12.0. The number of carbonyl (C=O) groups is 1. The van der Waals surface area contributed by atoms with Crippen LogP contribution in [-0.4, -0.2) is 28.5 Å². The second kappa shape index (κ2) is 9.63. The molecular weight excluding hydrogens is 278 g/mol. The van der Waals surface area contributed by atoms with Crippen molar-refractivity contribution in [3.05, 3.63) is 24.3 Å². The van der Waals surface area contributed by atoms with E-state index in [1.807, 2.05) is 12.1 Å². The third-order valence-electron chi connectivity index (χ3n) is 2.93. The molecule has 0 aliphatic heterocycles. The van der Waals surface area contributed by atoms with Crippen molar-refractivity contribution >= 4 is 17.1 Å². The van der Waals surface area contributed by atoms with Gasteiger partial charge in [-0.2, -0.15) is 0 Å². The first-order valence-electron chi connectivity index (χ1n) is 6.62. The van der Waals surface area contributed by atoms with Crippen molar-refractivity contribution in [2.24, 2.45) is 0 Å². The molecule has 20 heavy (non-hydrogen) atoms. The van der Waals surface area contributed by atoms with Crippen LogP contribution in [-0.2, 0) is 16.0 Å². The zero-order valence-corrected chi connectivity index (χ0v) is 12.4. The fraction of sp³-hybridized carbons (Fsp3) is 0.500. The molecule has 1 rings (SSSR count). The Bertz CT molecular complexity index is 397. The van der Waals surface area contributed by atoms with Crippen LogP contribution in [0.1, 0.15) is 32.1 Å². The number of carbonyl (C=O) groups excluding carboxylic acids is 1. The monoisotopic (exact) mass is 299 g/mol. The minimum Gasteiger partial charge on any atom is -0.611 e. The summed E-state index contributed by atoms with van der Waals surface area (Å²) < 4.78 is 17.1. The number of hydrogen-bond donors (Lipinski definition) is 2. The molecule has 1 aromatic carbocycles. The standard InChI is InChI=1S/C14H21NO4S/c1-19-12-7-9-13(10-8-12)20(18)11-5-3-2-4-6-14(16)15-17/h7-10,17H,2-6,11H2,1H3,(H,15,16)/t20-/m0/s1. The van der Waals surface area contributed by atoms with Crippen molar-refractivity contribution < 1.29 is 19.3 Å². The highest BCUT2D eigenvalue weighted by molar-refractivity contribution is 7.91. The average molecular weight is 299 g/mol. The first-order valence-corrected chi connectivity index (χ1v) is 7.94. The number of unbranched alkanes of at least 4 members (excludes halogenated alkanes) is 3. The van der Waals surface area contributed by atoms with Gasteiger partial charge in [-0.25, -0.2) is 5.48 Å². The van der Waals surface area contributed by atoms with Crippen LogP contribution in [0.4, 0.5) is 0 Å². The van der Waals surface area contributed by atoms with E-state index >= 15 is 0 Å². The van der Waals surface area contributed by atoms with Gasteiger partial charge in [-0.1, -0.05) is 6.42 Å². The molecule has 0 spiro atoms. The summed E-state index contributed by atoms with van der Waals surface area (Å²) in [5, 5.41) is 8.33. The molecule has 0 aliphatic rings. The van der Waals surface area contributed by atoms with Crippen molar-refractivity contribution in [1.82, 2.24) is 5.48 Å². The maximum Gasteiger partial charge on any atom is 0.243 e. The lowest BCUT2D eigenvalue weighted by Gasteiger charge is -2.10. The number of benzene rings is 1. The average Bonchev–Trinajstić information content (AvgIpc) is 2.50. The van der Waals surface area contributed by atoms with Crippen molar-refractivity contribution in [3.8, 4) is 5.75 Å². The van der Waals surface area contributed by atoms with E-state index in [1.165, 1.54) is 0 Å². The van der Waals surface area contributed by atoms with Gasteiger partial charge in [0, 0.05) is 6.42 Å². The largest absolute Gasteiger partial charge is 0.611 e. The summed E-state index contributed by atoms with van der Waals surface area (Å²) in [6, 6.07) is 7.25. The van der Waals surface area contributed by atoms with Gasteiger partial charge in [0.1, 0.15) is 11.5 Å². The van der Waals surface area contributed by atoms with E-state index in [9.17, 15) is 9.35 Å². The van der Waals surface area contributed by atoms with Crippen LogP contribution in [0.2, 0.25) is 0 Å². The zero-order valence-electron chi connectivity index (χ0n) is 11.6. The first kappa shape index (κ1) is 16.8. The van der Waals surface area contributed by atoms with Gasteiger partial charge in [-0.15, -0.1) is 0 Å². The molecule has 2 N–H and O–H groups in total. The summed E-state index contributed by atoms with van der Waals surface area (Å²) in [5.74, 6) is 1.03. The van der Waals surface area contributed by atoms with Crippen LogP contribution in [0.25, 0.3) is 0 Å². The molecule has 0 fully saturated rings. The smallest absolute Gasteiger partial charge is 0.243 e. The van der Waals surface area contributed by atoms with Crippen LogP contribution < -0.4 is 10.2 Å². The van der Waals surface area contributed by atoms with E-state index in [1.54, 1.807) is 24.7 Å². The Morgan fingerprint density at radius 3 is 2.50 bits per heavy atom. The second-order valence-corrected chi connectivity index (χ2v) is 6.00. The Balaban J connectivity index is 2.16. The highest BCUT2D eigenvalue weighted by Gasteiger charge is 2.10. The number of hydrogen-bond acceptors (Lipinski definition) is 4. The molecule has 0 radical (unpaired) electrons. The van der Waals surface area contributed by atoms with E-state index in [2.05, 4.69) is 0 Å². The van der Waals surface area contributed by atoms with E-state index in [-0.39, 0.29) is 5.91 Å². The summed E-state index contributed by atoms with van der Waals surface area (Å²) in [6.07, 6.45) is 3.76. The number of ether oxygens (including phenoxy) is 1. The third kappa shape index (κ3) is 6.27. The lowest BCUT2D eigenvalue weighted by atomic mass is 10.1. The van der Waals surface area contributed by atoms with Gasteiger partial charge in [-0.3, -0.25) is 10.0 Å². The van der Waals surface area contributed by atoms with Gasteiger partial charge >= 0.3 is 0 Å². The predicted octanol–water partition coefficient (Wildman–Crippen LogP) is 2.26. The van der Waals surface area contributed by atoms with Crippen molar-refractivity contribution in [2.75, 3.05) is 12.9 Å². The number of rotatable bonds is 9. The van der Waals surface area contributed by atoms with Gasteiger partial charge < -0.3 is 9.29 Å². The highest BCUT2D eigenvalue weighted by atomic mass is 32.2. The van der Waals surface area contributed by atoms with E-state index < -0.39 is 11.2 Å². The lowest BCUT2D eigenvalue weighted by Crippen LogP contribution is -2.17. The van der Waals surface area contributed by atoms with Crippen LogP contribution in [0.5, 0.6) is 5.75 Å². The Labute approximate surface area is 122 Å². The van der Waals surface area contributed by atoms with Crippen molar-refractivity contribution in [3.63, 3.8) is 0 Å². The highest BCUT2D eigenvalue weighted by Crippen LogP contribution is 2.18. The number of amides is 1. The Hall–Kier alpha value is -1.24. The topological polar surface area (TPSA) is 81.6 Å². The Morgan fingerprint density at radius 2 is 1.90 bits per heavy atom. The minimum atomic E-state index is -0.984. The van der Waals surface area contributed by atoms with E-state index in [0.29, 0.717) is 12.2 Å². The molecule has 0 heterocycles. The van der Waals surface area contributed by atoms with Crippen LogP contribution in [0, 0.1) is 0 Å². The maximum atomic E-state index is 12.0. The molecule has 0 aliphatic carbocycles. The second-order valence-electron chi connectivity index (χ2n) is 4.42. The van der Waals surface area contributed by atoms with Crippen LogP contribution >= 0.6 is 0 Å². The molecule has 0 bridgehead atoms. The lowest BCUT2D eigenvalue weighted by molar-refractivity contribution is -0.129. The van der Waals surface area contributed by atoms with Crippen LogP contribution in [0.3, 0.4) is 0 Å². The van der Waals surface area contributed by atoms with Gasteiger partial charge in [-0.05, 0) is 54.7 Å². The SMILES string of the molecule is COc1ccc([S@@+]([O-])CCCCCCC(=O)NO)cc1. The number of nitrogens with one attached hydrogen (secondary N) is 1. The van der Waals surface area contributed by atoms with Crippen molar-refractivity contribution in [2.45, 2.75) is 37.0 Å². The molecule has 0 unspecified atom stereocenters. The predicted molar refractivity (Wildman–Crippen MR) is 77.3 cm³/mol. The van der Waals surface area contributed by atoms with E-state index in [4.69, 9.17) is 9.94 Å². The molecule has 1 amide bonds. The number of hydroxylamine groups is 1. The fourth-order valence-electron chi connectivity index (χ4n) is 1.77. The minimum absolute atomic E-state index is 0.331. The normalized spacial score (nSPS) is 11.9. The number of methoxy groups -OCH3 is 1. The van der Waals surface area contributed by atoms with Crippen LogP contribution in [0.15, 0.2) is 29.2 Å². The third-order valence-corrected chi connectivity index (χ3v) is 4.39. The molecule has 6 heteroatoms. The first-order chi connectivity index (χ1) is 9.67. The Morgan fingerprint density at radius 1 is 1.25 bits per heavy atom. The summed E-state index contributed by atoms with van der Waals surface area (Å²) in [5.41, 5.74) is 1.61. The molecule has 0 saturated carbocycles. The molecular formula is C14H21NO4S. The Kier molecular flexibility index (Phi) is 8.10. The molecule has 112 valence electrons. The molecule has 5 nitrogen and oxygen atoms in total.